The molecule has 0 saturated heterocycles. The van der Waals surface area contributed by atoms with E-state index in [0.717, 1.165) is 23.8 Å². The van der Waals surface area contributed by atoms with Crippen LogP contribution in [0.4, 0.5) is 35.1 Å². The van der Waals surface area contributed by atoms with Crippen molar-refractivity contribution in [3.05, 3.63) is 125 Å². The van der Waals surface area contributed by atoms with Crippen molar-refractivity contribution in [3.63, 3.8) is 0 Å². The molecule has 5 rings (SSSR count). The van der Waals surface area contributed by atoms with Gasteiger partial charge in [0.1, 0.15) is 28.8 Å². The molecule has 0 spiro atoms. The van der Waals surface area contributed by atoms with Gasteiger partial charge in [-0.05, 0) is 71.5 Å². The zero-order valence-corrected chi connectivity index (χ0v) is 19.9. The van der Waals surface area contributed by atoms with E-state index in [1.165, 1.54) is 18.2 Å². The summed E-state index contributed by atoms with van der Waals surface area (Å²) in [5.41, 5.74) is -0.0751. The number of aryl methyl sites for hydroxylation is 1. The van der Waals surface area contributed by atoms with E-state index in [9.17, 15) is 35.1 Å². The lowest BCUT2D eigenvalue weighted by atomic mass is 9.98. The van der Waals surface area contributed by atoms with Gasteiger partial charge in [-0.25, -0.2) is 26.3 Å². The van der Waals surface area contributed by atoms with E-state index < -0.39 is 57.7 Å². The topological polar surface area (TPSA) is 9.23 Å². The molecular formula is C30H16F8O. The third-order valence-electron chi connectivity index (χ3n) is 6.19. The number of rotatable bonds is 5. The van der Waals surface area contributed by atoms with Gasteiger partial charge in [0.2, 0.25) is 0 Å². The van der Waals surface area contributed by atoms with Crippen LogP contribution < -0.4 is 4.74 Å². The molecule has 5 aromatic rings. The number of benzene rings is 5. The fraction of sp³-hybridized carbons (Fsp3) is 0.0667. The number of fused-ring (bicyclic) bond motifs is 1. The van der Waals surface area contributed by atoms with Crippen LogP contribution in [0, 0.1) is 41.8 Å². The summed E-state index contributed by atoms with van der Waals surface area (Å²) in [6.07, 6.45) is -4.58. The van der Waals surface area contributed by atoms with Gasteiger partial charge in [-0.15, -0.1) is 0 Å². The Labute approximate surface area is 216 Å². The average Bonchev–Trinajstić information content (AvgIpc) is 2.86. The molecule has 0 unspecified atom stereocenters. The largest absolute Gasteiger partial charge is 0.432 e. The molecule has 0 N–H and O–H groups in total. The van der Waals surface area contributed by atoms with E-state index >= 15 is 0 Å². The standard InChI is InChI=1S/C30H16F8O/c1-15-2-4-16(5-3-15)17-6-8-21(23(31)11-17)19-12-24(32)27(25(33)13-19)30(37,38)39-20-7-9-22-18(10-20)14-26(34)29(36)28(22)35/h2-14H,1H3. The molecule has 0 heterocycles. The highest BCUT2D eigenvalue weighted by atomic mass is 19.3. The zero-order chi connectivity index (χ0) is 28.1. The van der Waals surface area contributed by atoms with Crippen molar-refractivity contribution >= 4 is 10.8 Å². The van der Waals surface area contributed by atoms with Crippen molar-refractivity contribution in [3.8, 4) is 28.0 Å². The van der Waals surface area contributed by atoms with Crippen LogP contribution in [0.5, 0.6) is 5.75 Å². The zero-order valence-electron chi connectivity index (χ0n) is 19.9. The van der Waals surface area contributed by atoms with Crippen LogP contribution in [0.3, 0.4) is 0 Å². The van der Waals surface area contributed by atoms with Crippen LogP contribution in [0.25, 0.3) is 33.0 Å². The maximum Gasteiger partial charge on any atom is 0.432 e. The minimum Gasteiger partial charge on any atom is -0.429 e. The Kier molecular flexibility index (Phi) is 6.54. The van der Waals surface area contributed by atoms with Gasteiger partial charge in [-0.3, -0.25) is 0 Å². The first-order valence-electron chi connectivity index (χ1n) is 11.4. The molecule has 39 heavy (non-hydrogen) atoms. The first kappa shape index (κ1) is 26.2. The van der Waals surface area contributed by atoms with E-state index in [2.05, 4.69) is 4.74 Å². The van der Waals surface area contributed by atoms with Gasteiger partial charge in [-0.1, -0.05) is 42.0 Å². The molecule has 0 bridgehead atoms. The Morgan fingerprint density at radius 3 is 1.82 bits per heavy atom. The molecule has 9 heteroatoms. The lowest BCUT2D eigenvalue weighted by Gasteiger charge is -2.20. The molecule has 0 saturated carbocycles. The second-order valence-electron chi connectivity index (χ2n) is 8.86. The highest BCUT2D eigenvalue weighted by molar-refractivity contribution is 5.84. The van der Waals surface area contributed by atoms with Crippen LogP contribution in [0.1, 0.15) is 11.1 Å². The Bertz CT molecular complexity index is 1710. The van der Waals surface area contributed by atoms with Crippen LogP contribution >= 0.6 is 0 Å². The van der Waals surface area contributed by atoms with Gasteiger partial charge in [-0.2, -0.15) is 8.78 Å². The average molecular weight is 544 g/mol. The van der Waals surface area contributed by atoms with Crippen molar-refractivity contribution in [2.24, 2.45) is 0 Å². The summed E-state index contributed by atoms with van der Waals surface area (Å²) in [4.78, 5) is 0. The molecule has 0 aliphatic heterocycles. The summed E-state index contributed by atoms with van der Waals surface area (Å²) in [6.45, 7) is 1.89. The van der Waals surface area contributed by atoms with Crippen LogP contribution in [-0.4, -0.2) is 0 Å². The minimum atomic E-state index is -4.58. The molecule has 0 radical (unpaired) electrons. The fourth-order valence-corrected chi connectivity index (χ4v) is 4.23. The van der Waals surface area contributed by atoms with E-state index in [0.29, 0.717) is 29.3 Å². The van der Waals surface area contributed by atoms with Crippen molar-refractivity contribution < 1.29 is 39.9 Å². The van der Waals surface area contributed by atoms with Gasteiger partial charge < -0.3 is 4.74 Å². The van der Waals surface area contributed by atoms with E-state index in [4.69, 9.17) is 0 Å². The number of hydrogen-bond acceptors (Lipinski definition) is 1. The summed E-state index contributed by atoms with van der Waals surface area (Å²) in [7, 11) is 0. The molecule has 198 valence electrons. The Hall–Kier alpha value is -4.40. The lowest BCUT2D eigenvalue weighted by molar-refractivity contribution is -0.189. The Balaban J connectivity index is 1.46. The van der Waals surface area contributed by atoms with Crippen LogP contribution in [-0.2, 0) is 6.11 Å². The third kappa shape index (κ3) is 4.92. The van der Waals surface area contributed by atoms with Crippen LogP contribution in [0.15, 0.2) is 78.9 Å². The molecule has 5 aromatic carbocycles. The van der Waals surface area contributed by atoms with E-state index in [1.54, 1.807) is 12.1 Å². The number of hydrogen-bond donors (Lipinski definition) is 0. The quantitative estimate of drug-likeness (QED) is 0.158. The first-order valence-corrected chi connectivity index (χ1v) is 11.4. The predicted octanol–water partition coefficient (Wildman–Crippen LogP) is 9.45. The Morgan fingerprint density at radius 2 is 1.18 bits per heavy atom. The van der Waals surface area contributed by atoms with Crippen molar-refractivity contribution in [2.75, 3.05) is 0 Å². The monoisotopic (exact) mass is 544 g/mol. The molecule has 1 nitrogen and oxygen atoms in total. The second-order valence-corrected chi connectivity index (χ2v) is 8.86. The summed E-state index contributed by atoms with van der Waals surface area (Å²) in [5, 5.41) is -0.734. The summed E-state index contributed by atoms with van der Waals surface area (Å²) >= 11 is 0. The summed E-state index contributed by atoms with van der Waals surface area (Å²) < 4.78 is 120. The smallest absolute Gasteiger partial charge is 0.429 e. The highest BCUT2D eigenvalue weighted by Gasteiger charge is 2.41. The molecule has 0 aromatic heterocycles. The number of ether oxygens (including phenoxy) is 1. The third-order valence-corrected chi connectivity index (χ3v) is 6.19. The highest BCUT2D eigenvalue weighted by Crippen LogP contribution is 2.39. The van der Waals surface area contributed by atoms with Crippen LogP contribution in [0.2, 0.25) is 0 Å². The molecule has 0 aliphatic carbocycles. The summed E-state index contributed by atoms with van der Waals surface area (Å²) in [5.74, 6) is -9.78. The molecule has 0 fully saturated rings. The second kappa shape index (κ2) is 9.72. The van der Waals surface area contributed by atoms with Gasteiger partial charge in [0.25, 0.3) is 0 Å². The van der Waals surface area contributed by atoms with Crippen molar-refractivity contribution in [2.45, 2.75) is 13.0 Å². The lowest BCUT2D eigenvalue weighted by Crippen LogP contribution is -2.25. The minimum absolute atomic E-state index is 0.217. The fourth-order valence-electron chi connectivity index (χ4n) is 4.23. The molecular weight excluding hydrogens is 528 g/mol. The van der Waals surface area contributed by atoms with Gasteiger partial charge in [0.15, 0.2) is 17.5 Å². The number of alkyl halides is 2. The summed E-state index contributed by atoms with van der Waals surface area (Å²) in [6, 6.07) is 15.3. The maximum absolute atomic E-state index is 14.9. The SMILES string of the molecule is Cc1ccc(-c2ccc(-c3cc(F)c(C(F)(F)Oc4ccc5c(F)c(F)c(F)cc5c4)c(F)c3)c(F)c2)cc1. The van der Waals surface area contributed by atoms with Gasteiger partial charge in [0.05, 0.1) is 0 Å². The predicted molar refractivity (Wildman–Crippen MR) is 130 cm³/mol. The van der Waals surface area contributed by atoms with Crippen molar-refractivity contribution in [1.29, 1.82) is 0 Å². The Morgan fingerprint density at radius 1 is 0.564 bits per heavy atom. The van der Waals surface area contributed by atoms with E-state index in [1.807, 2.05) is 19.1 Å². The molecule has 0 aliphatic rings. The normalized spacial score (nSPS) is 11.7. The maximum atomic E-state index is 14.9. The molecule has 0 amide bonds. The van der Waals surface area contributed by atoms with Crippen molar-refractivity contribution in [1.82, 2.24) is 0 Å². The van der Waals surface area contributed by atoms with Gasteiger partial charge >= 0.3 is 6.11 Å². The first-order chi connectivity index (χ1) is 18.4. The molecule has 0 atom stereocenters. The number of halogens is 8. The van der Waals surface area contributed by atoms with E-state index in [-0.39, 0.29) is 16.5 Å². The van der Waals surface area contributed by atoms with Gasteiger partial charge in [0, 0.05) is 10.9 Å².